The second-order valence-corrected chi connectivity index (χ2v) is 5.67. The Morgan fingerprint density at radius 2 is 1.90 bits per heavy atom. The number of benzene rings is 2. The van der Waals surface area contributed by atoms with Crippen LogP contribution in [0, 0.1) is 0 Å². The van der Waals surface area contributed by atoms with E-state index in [0.717, 1.165) is 26.7 Å². The average Bonchev–Trinajstić information content (AvgIpc) is 2.53. The zero-order chi connectivity index (χ0) is 14.7. The second-order valence-electron chi connectivity index (χ2n) is 4.75. The minimum absolute atomic E-state index is 0.167. The van der Waals surface area contributed by atoms with Gasteiger partial charge in [0.05, 0.1) is 5.52 Å². The minimum Gasteiger partial charge on any atom is -0.484 e. The van der Waals surface area contributed by atoms with Crippen molar-refractivity contribution in [1.82, 2.24) is 4.98 Å². The zero-order valence-electron chi connectivity index (χ0n) is 11.4. The summed E-state index contributed by atoms with van der Waals surface area (Å²) in [6, 6.07) is 17.9. The van der Waals surface area contributed by atoms with E-state index in [2.05, 4.69) is 20.9 Å². The molecule has 0 amide bonds. The monoisotopic (exact) mass is 342 g/mol. The number of ether oxygens (including phenoxy) is 1. The van der Waals surface area contributed by atoms with Crippen molar-refractivity contribution in [3.8, 4) is 5.75 Å². The maximum absolute atomic E-state index is 6.02. The molecule has 1 atom stereocenters. The fourth-order valence-electron chi connectivity index (χ4n) is 2.21. The molecule has 0 saturated carbocycles. The molecule has 3 nitrogen and oxygen atoms in total. The fraction of sp³-hybridized carbons (Fsp3) is 0.118. The molecule has 0 aliphatic heterocycles. The van der Waals surface area contributed by atoms with Crippen LogP contribution in [0.5, 0.6) is 5.75 Å². The van der Waals surface area contributed by atoms with E-state index in [4.69, 9.17) is 10.5 Å². The van der Waals surface area contributed by atoms with Gasteiger partial charge in [-0.1, -0.05) is 34.1 Å². The molecular formula is C17H15BrN2O. The molecule has 21 heavy (non-hydrogen) atoms. The lowest BCUT2D eigenvalue weighted by Gasteiger charge is -2.18. The van der Waals surface area contributed by atoms with E-state index in [9.17, 15) is 0 Å². The summed E-state index contributed by atoms with van der Waals surface area (Å²) >= 11 is 3.43. The first-order chi connectivity index (χ1) is 10.3. The summed E-state index contributed by atoms with van der Waals surface area (Å²) in [7, 11) is 0. The first-order valence-corrected chi connectivity index (χ1v) is 7.52. The highest BCUT2D eigenvalue weighted by Crippen LogP contribution is 2.25. The van der Waals surface area contributed by atoms with Gasteiger partial charge in [-0.3, -0.25) is 4.98 Å². The van der Waals surface area contributed by atoms with Crippen molar-refractivity contribution in [2.24, 2.45) is 5.73 Å². The number of rotatable bonds is 4. The molecule has 1 heterocycles. The summed E-state index contributed by atoms with van der Waals surface area (Å²) in [5.41, 5.74) is 7.83. The van der Waals surface area contributed by atoms with E-state index in [1.807, 2.05) is 54.6 Å². The summed E-state index contributed by atoms with van der Waals surface area (Å²) in [6.45, 7) is 0.419. The Balaban J connectivity index is 1.86. The Morgan fingerprint density at radius 1 is 1.10 bits per heavy atom. The molecule has 2 aromatic carbocycles. The Morgan fingerprint density at radius 3 is 2.67 bits per heavy atom. The van der Waals surface area contributed by atoms with Crippen LogP contribution in [0.3, 0.4) is 0 Å². The molecule has 0 saturated heterocycles. The fourth-order valence-corrected chi connectivity index (χ4v) is 2.48. The molecule has 0 spiro atoms. The number of halogens is 1. The number of hydrogen-bond acceptors (Lipinski definition) is 3. The molecule has 106 valence electrons. The minimum atomic E-state index is -0.167. The lowest BCUT2D eigenvalue weighted by molar-refractivity contribution is 0.214. The lowest BCUT2D eigenvalue weighted by Crippen LogP contribution is -2.18. The Hall–Kier alpha value is -1.91. The van der Waals surface area contributed by atoms with Gasteiger partial charge >= 0.3 is 0 Å². The van der Waals surface area contributed by atoms with Crippen LogP contribution in [0.15, 0.2) is 65.3 Å². The second kappa shape index (κ2) is 6.24. The van der Waals surface area contributed by atoms with E-state index >= 15 is 0 Å². The normalized spacial score (nSPS) is 12.3. The van der Waals surface area contributed by atoms with E-state index in [-0.39, 0.29) is 6.10 Å². The van der Waals surface area contributed by atoms with Crippen LogP contribution in [0.4, 0.5) is 0 Å². The van der Waals surface area contributed by atoms with Crippen LogP contribution >= 0.6 is 15.9 Å². The van der Waals surface area contributed by atoms with Gasteiger partial charge in [0.1, 0.15) is 11.9 Å². The van der Waals surface area contributed by atoms with Crippen LogP contribution < -0.4 is 10.5 Å². The van der Waals surface area contributed by atoms with Crippen LogP contribution in [0.2, 0.25) is 0 Å². The molecular weight excluding hydrogens is 328 g/mol. The number of nitrogens with two attached hydrogens (primary N) is 1. The summed E-state index contributed by atoms with van der Waals surface area (Å²) in [4.78, 5) is 4.34. The molecule has 2 N–H and O–H groups in total. The topological polar surface area (TPSA) is 48.1 Å². The van der Waals surface area contributed by atoms with Crippen molar-refractivity contribution in [1.29, 1.82) is 0 Å². The van der Waals surface area contributed by atoms with Crippen LogP contribution in [-0.4, -0.2) is 11.5 Å². The van der Waals surface area contributed by atoms with Crippen molar-refractivity contribution >= 4 is 26.8 Å². The van der Waals surface area contributed by atoms with Gasteiger partial charge in [0.2, 0.25) is 0 Å². The third kappa shape index (κ3) is 3.23. The predicted molar refractivity (Wildman–Crippen MR) is 88.3 cm³/mol. The molecule has 1 unspecified atom stereocenters. The largest absolute Gasteiger partial charge is 0.484 e. The number of nitrogens with zero attached hydrogens (tertiary/aromatic N) is 1. The van der Waals surface area contributed by atoms with Crippen molar-refractivity contribution in [3.63, 3.8) is 0 Å². The van der Waals surface area contributed by atoms with Gasteiger partial charge in [-0.25, -0.2) is 0 Å². The molecule has 1 aromatic heterocycles. The van der Waals surface area contributed by atoms with E-state index < -0.39 is 0 Å². The Labute approximate surface area is 131 Å². The molecule has 0 radical (unpaired) electrons. The van der Waals surface area contributed by atoms with Crippen molar-refractivity contribution in [3.05, 3.63) is 70.8 Å². The molecule has 4 heteroatoms. The molecule has 3 aromatic rings. The van der Waals surface area contributed by atoms with Crippen molar-refractivity contribution in [2.75, 3.05) is 6.54 Å². The van der Waals surface area contributed by atoms with Gasteiger partial charge in [-0.2, -0.15) is 0 Å². The maximum atomic E-state index is 6.02. The average molecular weight is 343 g/mol. The van der Waals surface area contributed by atoms with Crippen molar-refractivity contribution < 1.29 is 4.74 Å². The van der Waals surface area contributed by atoms with Gasteiger partial charge in [-0.15, -0.1) is 0 Å². The SMILES string of the molecule is NCC(Oc1ccc2cccnc2c1)c1ccc(Br)cc1. The summed E-state index contributed by atoms with van der Waals surface area (Å²) in [5, 5.41) is 1.10. The zero-order valence-corrected chi connectivity index (χ0v) is 13.0. The first kappa shape index (κ1) is 14.0. The van der Waals surface area contributed by atoms with E-state index in [0.29, 0.717) is 6.54 Å². The summed E-state index contributed by atoms with van der Waals surface area (Å²) in [6.07, 6.45) is 1.61. The van der Waals surface area contributed by atoms with Gasteiger partial charge in [0.15, 0.2) is 0 Å². The number of fused-ring (bicyclic) bond motifs is 1. The highest BCUT2D eigenvalue weighted by Gasteiger charge is 2.11. The molecule has 0 bridgehead atoms. The number of hydrogen-bond donors (Lipinski definition) is 1. The van der Waals surface area contributed by atoms with E-state index in [1.54, 1.807) is 6.20 Å². The van der Waals surface area contributed by atoms with Crippen LogP contribution in [0.1, 0.15) is 11.7 Å². The number of aromatic nitrogens is 1. The molecule has 0 fully saturated rings. The van der Waals surface area contributed by atoms with Gasteiger partial charge in [0.25, 0.3) is 0 Å². The first-order valence-electron chi connectivity index (χ1n) is 6.73. The Bertz CT molecular complexity index is 743. The lowest BCUT2D eigenvalue weighted by atomic mass is 10.1. The molecule has 3 rings (SSSR count). The van der Waals surface area contributed by atoms with Crippen molar-refractivity contribution in [2.45, 2.75) is 6.10 Å². The highest BCUT2D eigenvalue weighted by molar-refractivity contribution is 9.10. The smallest absolute Gasteiger partial charge is 0.136 e. The Kier molecular flexibility index (Phi) is 4.18. The summed E-state index contributed by atoms with van der Waals surface area (Å²) in [5.74, 6) is 0.777. The molecule has 0 aliphatic rings. The highest BCUT2D eigenvalue weighted by atomic mass is 79.9. The predicted octanol–water partition coefficient (Wildman–Crippen LogP) is 4.08. The third-order valence-corrected chi connectivity index (χ3v) is 3.84. The van der Waals surface area contributed by atoms with Gasteiger partial charge < -0.3 is 10.5 Å². The van der Waals surface area contributed by atoms with E-state index in [1.165, 1.54) is 0 Å². The summed E-state index contributed by atoms with van der Waals surface area (Å²) < 4.78 is 7.06. The maximum Gasteiger partial charge on any atom is 0.136 e. The van der Waals surface area contributed by atoms with Crippen LogP contribution in [0.25, 0.3) is 10.9 Å². The van der Waals surface area contributed by atoms with Gasteiger partial charge in [0, 0.05) is 28.7 Å². The number of pyridine rings is 1. The quantitative estimate of drug-likeness (QED) is 0.777. The molecule has 0 aliphatic carbocycles. The van der Waals surface area contributed by atoms with Crippen LogP contribution in [-0.2, 0) is 0 Å². The standard InChI is InChI=1S/C17H15BrN2O/c18-14-6-3-13(4-7-14)17(11-19)21-15-8-5-12-2-1-9-20-16(12)10-15/h1-10,17H,11,19H2. The van der Waals surface area contributed by atoms with Gasteiger partial charge in [-0.05, 0) is 35.9 Å². The third-order valence-electron chi connectivity index (χ3n) is 3.31.